The summed E-state index contributed by atoms with van der Waals surface area (Å²) in [4.78, 5) is 14.9. The van der Waals surface area contributed by atoms with Crippen molar-refractivity contribution in [2.75, 3.05) is 26.2 Å². The van der Waals surface area contributed by atoms with Crippen molar-refractivity contribution in [2.24, 2.45) is 10.9 Å². The molecule has 2 rings (SSSR count). The lowest BCUT2D eigenvalue weighted by atomic mass is 9.72. The van der Waals surface area contributed by atoms with Crippen molar-refractivity contribution in [2.45, 2.75) is 31.6 Å². The van der Waals surface area contributed by atoms with Crippen LogP contribution in [0.1, 0.15) is 31.7 Å². The van der Waals surface area contributed by atoms with Gasteiger partial charge in [-0.25, -0.2) is 0 Å². The minimum atomic E-state index is -0.565. The van der Waals surface area contributed by atoms with Crippen LogP contribution in [0, 0.1) is 0 Å². The van der Waals surface area contributed by atoms with Crippen LogP contribution in [0.2, 0.25) is 0 Å². The average Bonchev–Trinajstić information content (AvgIpc) is 2.61. The van der Waals surface area contributed by atoms with E-state index in [9.17, 15) is 4.79 Å². The van der Waals surface area contributed by atoms with E-state index in [-0.39, 0.29) is 11.8 Å². The Morgan fingerprint density at radius 3 is 2.57 bits per heavy atom. The highest BCUT2D eigenvalue weighted by molar-refractivity contribution is 5.83. The highest BCUT2D eigenvalue weighted by atomic mass is 16.5. The molecular weight excluding hydrogens is 294 g/mol. The molecule has 0 bridgehead atoms. The van der Waals surface area contributed by atoms with Gasteiger partial charge in [-0.1, -0.05) is 35.5 Å². The van der Waals surface area contributed by atoms with Gasteiger partial charge in [-0.2, -0.15) is 0 Å². The predicted molar refractivity (Wildman–Crippen MR) is 88.5 cm³/mol. The Morgan fingerprint density at radius 2 is 2.00 bits per heavy atom. The first-order valence-electron chi connectivity index (χ1n) is 8.04. The van der Waals surface area contributed by atoms with Crippen LogP contribution in [0.5, 0.6) is 0 Å². The summed E-state index contributed by atoms with van der Waals surface area (Å²) < 4.78 is 5.36. The van der Waals surface area contributed by atoms with E-state index in [1.54, 1.807) is 0 Å². The van der Waals surface area contributed by atoms with Gasteiger partial charge in [0.25, 0.3) is 0 Å². The first-order valence-corrected chi connectivity index (χ1v) is 8.04. The molecule has 0 unspecified atom stereocenters. The van der Waals surface area contributed by atoms with Gasteiger partial charge >= 0.3 is 5.97 Å². The number of piperidine rings is 1. The fourth-order valence-electron chi connectivity index (χ4n) is 3.12. The zero-order valence-electron chi connectivity index (χ0n) is 13.6. The Balaban J connectivity index is 2.09. The van der Waals surface area contributed by atoms with E-state index >= 15 is 0 Å². The molecule has 1 saturated heterocycles. The van der Waals surface area contributed by atoms with E-state index in [2.05, 4.69) is 10.1 Å². The highest BCUT2D eigenvalue weighted by Gasteiger charge is 2.44. The second-order valence-electron chi connectivity index (χ2n) is 5.85. The normalized spacial score (nSPS) is 18.6. The number of nitrogens with two attached hydrogens (primary N) is 1. The summed E-state index contributed by atoms with van der Waals surface area (Å²) in [5.41, 5.74) is 5.98. The van der Waals surface area contributed by atoms with Crippen LogP contribution < -0.4 is 5.73 Å². The maximum Gasteiger partial charge on any atom is 0.316 e. The minimum absolute atomic E-state index is 0.137. The summed E-state index contributed by atoms with van der Waals surface area (Å²) in [6.45, 7) is 4.52. The summed E-state index contributed by atoms with van der Waals surface area (Å²) in [5.74, 6) is 0.0950. The number of hydrogen-bond acceptors (Lipinski definition) is 5. The molecule has 6 nitrogen and oxygen atoms in total. The van der Waals surface area contributed by atoms with Crippen molar-refractivity contribution in [1.29, 1.82) is 0 Å². The second kappa shape index (κ2) is 7.97. The molecule has 0 saturated carbocycles. The van der Waals surface area contributed by atoms with Crippen molar-refractivity contribution in [3.63, 3.8) is 0 Å². The molecule has 0 aromatic heterocycles. The summed E-state index contributed by atoms with van der Waals surface area (Å²) in [6, 6.07) is 9.88. The number of oxime groups is 1. The third-order valence-corrected chi connectivity index (χ3v) is 4.51. The Hall–Kier alpha value is -2.08. The van der Waals surface area contributed by atoms with Gasteiger partial charge in [0.1, 0.15) is 5.84 Å². The Bertz CT molecular complexity index is 537. The van der Waals surface area contributed by atoms with E-state index < -0.39 is 5.41 Å². The summed E-state index contributed by atoms with van der Waals surface area (Å²) in [5, 5.41) is 11.6. The molecule has 0 atom stereocenters. The third kappa shape index (κ3) is 4.01. The molecular formula is C17H25N3O3. The van der Waals surface area contributed by atoms with Crippen LogP contribution >= 0.6 is 0 Å². The summed E-state index contributed by atoms with van der Waals surface area (Å²) in [6.07, 6.45) is 1.95. The van der Waals surface area contributed by atoms with Crippen molar-refractivity contribution < 1.29 is 14.7 Å². The third-order valence-electron chi connectivity index (χ3n) is 4.51. The molecule has 126 valence electrons. The van der Waals surface area contributed by atoms with Crippen LogP contribution in [0.4, 0.5) is 0 Å². The smallest absolute Gasteiger partial charge is 0.316 e. The van der Waals surface area contributed by atoms with Crippen molar-refractivity contribution in [3.05, 3.63) is 35.9 Å². The number of nitrogens with zero attached hydrogens (tertiary/aromatic N) is 2. The van der Waals surface area contributed by atoms with E-state index in [4.69, 9.17) is 15.7 Å². The van der Waals surface area contributed by atoms with E-state index in [1.807, 2.05) is 37.3 Å². The lowest BCUT2D eigenvalue weighted by Crippen LogP contribution is -2.48. The van der Waals surface area contributed by atoms with Crippen molar-refractivity contribution in [3.8, 4) is 0 Å². The highest BCUT2D eigenvalue weighted by Crippen LogP contribution is 2.36. The SMILES string of the molecule is CCOC(=O)C1(c2ccccc2)CCN(CC/C(N)=N\O)CC1. The fraction of sp³-hybridized carbons (Fsp3) is 0.529. The van der Waals surface area contributed by atoms with Crippen molar-refractivity contribution in [1.82, 2.24) is 4.90 Å². The zero-order chi connectivity index (χ0) is 16.7. The molecule has 0 aliphatic carbocycles. The van der Waals surface area contributed by atoms with Crippen LogP contribution in [0.3, 0.4) is 0 Å². The quantitative estimate of drug-likeness (QED) is 0.274. The van der Waals surface area contributed by atoms with Gasteiger partial charge in [0.05, 0.1) is 12.0 Å². The molecule has 0 radical (unpaired) electrons. The zero-order valence-corrected chi connectivity index (χ0v) is 13.6. The van der Waals surface area contributed by atoms with E-state index in [0.29, 0.717) is 25.9 Å². The molecule has 1 heterocycles. The lowest BCUT2D eigenvalue weighted by Gasteiger charge is -2.40. The Labute approximate surface area is 136 Å². The van der Waals surface area contributed by atoms with Gasteiger partial charge < -0.3 is 20.6 Å². The molecule has 1 fully saturated rings. The maximum atomic E-state index is 12.6. The molecule has 0 amide bonds. The monoisotopic (exact) mass is 319 g/mol. The van der Waals surface area contributed by atoms with Crippen LogP contribution in [-0.4, -0.2) is 48.2 Å². The number of hydrogen-bond donors (Lipinski definition) is 2. The van der Waals surface area contributed by atoms with Gasteiger partial charge in [0.2, 0.25) is 0 Å². The number of amidine groups is 1. The maximum absolute atomic E-state index is 12.6. The van der Waals surface area contributed by atoms with Gasteiger partial charge in [0, 0.05) is 13.0 Å². The minimum Gasteiger partial charge on any atom is -0.465 e. The molecule has 1 aliphatic heterocycles. The van der Waals surface area contributed by atoms with E-state index in [0.717, 1.165) is 25.2 Å². The number of esters is 1. The number of carbonyl (C=O) groups excluding carboxylic acids is 1. The first kappa shape index (κ1) is 17.3. The molecule has 0 spiro atoms. The predicted octanol–water partition coefficient (Wildman–Crippen LogP) is 1.72. The van der Waals surface area contributed by atoms with Gasteiger partial charge in [0.15, 0.2) is 0 Å². The molecule has 3 N–H and O–H groups in total. The number of likely N-dealkylation sites (tertiary alicyclic amines) is 1. The standard InChI is InChI=1S/C17H25N3O3/c1-2-23-16(21)17(14-6-4-3-5-7-14)9-12-20(13-10-17)11-8-15(18)19-22/h3-7,22H,2,8-13H2,1H3,(H2,18,19). The van der Waals surface area contributed by atoms with Crippen LogP contribution in [0.15, 0.2) is 35.5 Å². The molecule has 1 aliphatic rings. The van der Waals surface area contributed by atoms with Gasteiger partial charge in [-0.05, 0) is 38.4 Å². The average molecular weight is 319 g/mol. The van der Waals surface area contributed by atoms with Gasteiger partial charge in [-0.15, -0.1) is 0 Å². The topological polar surface area (TPSA) is 88.2 Å². The Kier molecular flexibility index (Phi) is 5.98. The summed E-state index contributed by atoms with van der Waals surface area (Å²) >= 11 is 0. The molecule has 1 aromatic rings. The fourth-order valence-corrected chi connectivity index (χ4v) is 3.12. The van der Waals surface area contributed by atoms with Crippen molar-refractivity contribution >= 4 is 11.8 Å². The number of benzene rings is 1. The lowest BCUT2D eigenvalue weighted by molar-refractivity contribution is -0.152. The molecule has 23 heavy (non-hydrogen) atoms. The van der Waals surface area contributed by atoms with Crippen LogP contribution in [0.25, 0.3) is 0 Å². The second-order valence-corrected chi connectivity index (χ2v) is 5.85. The summed E-state index contributed by atoms with van der Waals surface area (Å²) in [7, 11) is 0. The van der Waals surface area contributed by atoms with Gasteiger partial charge in [-0.3, -0.25) is 4.79 Å². The molecule has 1 aromatic carbocycles. The Morgan fingerprint density at radius 1 is 1.35 bits per heavy atom. The number of ether oxygens (including phenoxy) is 1. The number of carbonyl (C=O) groups is 1. The number of rotatable bonds is 6. The van der Waals surface area contributed by atoms with Crippen LogP contribution in [-0.2, 0) is 14.9 Å². The first-order chi connectivity index (χ1) is 11.1. The largest absolute Gasteiger partial charge is 0.465 e. The molecule has 6 heteroatoms. The van der Waals surface area contributed by atoms with E-state index in [1.165, 1.54) is 0 Å².